The Balaban J connectivity index is 2.60. The zero-order valence-corrected chi connectivity index (χ0v) is 10.3. The second kappa shape index (κ2) is 6.16. The highest BCUT2D eigenvalue weighted by Crippen LogP contribution is 2.21. The van der Waals surface area contributed by atoms with Crippen molar-refractivity contribution >= 4 is 5.69 Å². The molecule has 1 N–H and O–H groups in total. The molecule has 1 heterocycles. The predicted octanol–water partition coefficient (Wildman–Crippen LogP) is 3.25. The van der Waals surface area contributed by atoms with E-state index in [2.05, 4.69) is 16.9 Å². The van der Waals surface area contributed by atoms with Gasteiger partial charge in [0.1, 0.15) is 0 Å². The van der Waals surface area contributed by atoms with Gasteiger partial charge in [-0.1, -0.05) is 5.57 Å². The van der Waals surface area contributed by atoms with Crippen molar-refractivity contribution in [2.75, 3.05) is 11.9 Å². The van der Waals surface area contributed by atoms with Crippen molar-refractivity contribution < 1.29 is 4.74 Å². The Bertz CT molecular complexity index is 348. The summed E-state index contributed by atoms with van der Waals surface area (Å²) in [7, 11) is 0. The van der Waals surface area contributed by atoms with E-state index in [1.807, 2.05) is 32.9 Å². The lowest BCUT2D eigenvalue weighted by Crippen LogP contribution is -2.10. The van der Waals surface area contributed by atoms with Gasteiger partial charge in [-0.25, -0.2) is 4.98 Å². The number of ether oxygens (including phenoxy) is 1. The lowest BCUT2D eigenvalue weighted by molar-refractivity contribution is 0.234. The molecular formula is C13H20N2O. The van der Waals surface area contributed by atoms with E-state index in [0.29, 0.717) is 5.88 Å². The Morgan fingerprint density at radius 2 is 2.31 bits per heavy atom. The van der Waals surface area contributed by atoms with Crippen LogP contribution in [0.2, 0.25) is 0 Å². The minimum Gasteiger partial charge on any atom is -0.473 e. The average Bonchev–Trinajstić information content (AvgIpc) is 2.19. The maximum atomic E-state index is 5.61. The number of hydrogen-bond donors (Lipinski definition) is 1. The summed E-state index contributed by atoms with van der Waals surface area (Å²) in [5, 5.41) is 3.30. The van der Waals surface area contributed by atoms with E-state index in [4.69, 9.17) is 4.74 Å². The van der Waals surface area contributed by atoms with Crippen LogP contribution in [0.3, 0.4) is 0 Å². The van der Waals surface area contributed by atoms with Crippen molar-refractivity contribution in [1.29, 1.82) is 0 Å². The van der Waals surface area contributed by atoms with Crippen molar-refractivity contribution in [3.8, 4) is 5.88 Å². The molecule has 0 unspecified atom stereocenters. The van der Waals surface area contributed by atoms with Gasteiger partial charge in [0.05, 0.1) is 11.8 Å². The number of hydrogen-bond acceptors (Lipinski definition) is 3. The summed E-state index contributed by atoms with van der Waals surface area (Å²) < 4.78 is 5.61. The van der Waals surface area contributed by atoms with Gasteiger partial charge in [0.15, 0.2) is 0 Å². The topological polar surface area (TPSA) is 34.2 Å². The fourth-order valence-electron chi connectivity index (χ4n) is 1.25. The van der Waals surface area contributed by atoms with Crippen LogP contribution < -0.4 is 10.1 Å². The van der Waals surface area contributed by atoms with Crippen LogP contribution in [0.15, 0.2) is 30.5 Å². The van der Waals surface area contributed by atoms with Crippen molar-refractivity contribution in [3.05, 3.63) is 30.5 Å². The largest absolute Gasteiger partial charge is 0.473 e. The number of anilines is 1. The van der Waals surface area contributed by atoms with Crippen molar-refractivity contribution in [1.82, 2.24) is 4.98 Å². The summed E-state index contributed by atoms with van der Waals surface area (Å²) in [6, 6.07) is 3.87. The second-order valence-corrected chi connectivity index (χ2v) is 4.16. The summed E-state index contributed by atoms with van der Waals surface area (Å²) in [6.07, 6.45) is 2.83. The molecule has 0 saturated heterocycles. The van der Waals surface area contributed by atoms with Crippen LogP contribution in [0.4, 0.5) is 5.69 Å². The molecule has 1 aromatic heterocycles. The summed E-state index contributed by atoms with van der Waals surface area (Å²) in [5.74, 6) is 0.666. The SMILES string of the molecule is C=C(C)CCNc1cccnc1OC(C)C. The highest BCUT2D eigenvalue weighted by molar-refractivity contribution is 5.52. The molecule has 0 spiro atoms. The number of nitrogens with zero attached hydrogens (tertiary/aromatic N) is 1. The third-order valence-electron chi connectivity index (χ3n) is 1.99. The molecule has 0 saturated carbocycles. The molecule has 0 bridgehead atoms. The Labute approximate surface area is 97.5 Å². The number of rotatable bonds is 6. The van der Waals surface area contributed by atoms with Gasteiger partial charge in [0, 0.05) is 12.7 Å². The predicted molar refractivity (Wildman–Crippen MR) is 67.9 cm³/mol. The first kappa shape index (κ1) is 12.6. The van der Waals surface area contributed by atoms with Gasteiger partial charge >= 0.3 is 0 Å². The zero-order valence-electron chi connectivity index (χ0n) is 10.3. The second-order valence-electron chi connectivity index (χ2n) is 4.16. The quantitative estimate of drug-likeness (QED) is 0.747. The lowest BCUT2D eigenvalue weighted by Gasteiger charge is -2.13. The number of nitrogens with one attached hydrogen (secondary N) is 1. The van der Waals surface area contributed by atoms with Crippen LogP contribution in [0.1, 0.15) is 27.2 Å². The molecule has 3 nitrogen and oxygen atoms in total. The zero-order chi connectivity index (χ0) is 12.0. The van der Waals surface area contributed by atoms with E-state index in [1.165, 1.54) is 5.57 Å². The maximum absolute atomic E-state index is 5.61. The molecule has 0 radical (unpaired) electrons. The smallest absolute Gasteiger partial charge is 0.237 e. The first-order valence-corrected chi connectivity index (χ1v) is 5.59. The van der Waals surface area contributed by atoms with Crippen LogP contribution in [0, 0.1) is 0 Å². The van der Waals surface area contributed by atoms with Gasteiger partial charge in [-0.15, -0.1) is 6.58 Å². The Kier molecular flexibility index (Phi) is 4.83. The molecule has 0 aliphatic rings. The Morgan fingerprint density at radius 3 is 2.94 bits per heavy atom. The highest BCUT2D eigenvalue weighted by atomic mass is 16.5. The van der Waals surface area contributed by atoms with Crippen LogP contribution in [-0.2, 0) is 0 Å². The lowest BCUT2D eigenvalue weighted by atomic mass is 10.2. The van der Waals surface area contributed by atoms with Gasteiger partial charge in [0.2, 0.25) is 5.88 Å². The van der Waals surface area contributed by atoms with E-state index in [9.17, 15) is 0 Å². The van der Waals surface area contributed by atoms with Gasteiger partial charge in [-0.2, -0.15) is 0 Å². The molecule has 88 valence electrons. The number of pyridine rings is 1. The third kappa shape index (κ3) is 4.34. The molecule has 0 aliphatic carbocycles. The van der Waals surface area contributed by atoms with E-state index in [-0.39, 0.29) is 6.10 Å². The Hall–Kier alpha value is -1.51. The molecule has 0 aliphatic heterocycles. The molecule has 0 aromatic carbocycles. The van der Waals surface area contributed by atoms with Gasteiger partial charge in [0.25, 0.3) is 0 Å². The molecular weight excluding hydrogens is 200 g/mol. The fourth-order valence-corrected chi connectivity index (χ4v) is 1.25. The molecule has 1 rings (SSSR count). The van der Waals surface area contributed by atoms with Crippen LogP contribution in [0.25, 0.3) is 0 Å². The van der Waals surface area contributed by atoms with E-state index in [0.717, 1.165) is 18.7 Å². The van der Waals surface area contributed by atoms with Crippen molar-refractivity contribution in [2.24, 2.45) is 0 Å². The van der Waals surface area contributed by atoms with E-state index in [1.54, 1.807) is 6.20 Å². The summed E-state index contributed by atoms with van der Waals surface area (Å²) >= 11 is 0. The van der Waals surface area contributed by atoms with Gasteiger partial charge in [-0.3, -0.25) is 0 Å². The molecule has 16 heavy (non-hydrogen) atoms. The highest BCUT2D eigenvalue weighted by Gasteiger charge is 2.05. The standard InChI is InChI=1S/C13H20N2O/c1-10(2)7-9-14-12-6-5-8-15-13(12)16-11(3)4/h5-6,8,11,14H,1,7,9H2,2-4H3. The van der Waals surface area contributed by atoms with Crippen molar-refractivity contribution in [2.45, 2.75) is 33.3 Å². The summed E-state index contributed by atoms with van der Waals surface area (Å²) in [5.41, 5.74) is 2.11. The fraction of sp³-hybridized carbons (Fsp3) is 0.462. The maximum Gasteiger partial charge on any atom is 0.237 e. The van der Waals surface area contributed by atoms with Gasteiger partial charge < -0.3 is 10.1 Å². The summed E-state index contributed by atoms with van der Waals surface area (Å²) in [6.45, 7) is 10.7. The molecule has 0 amide bonds. The molecule has 0 atom stereocenters. The average molecular weight is 220 g/mol. The van der Waals surface area contributed by atoms with Gasteiger partial charge in [-0.05, 0) is 39.3 Å². The van der Waals surface area contributed by atoms with E-state index < -0.39 is 0 Å². The first-order chi connectivity index (χ1) is 7.59. The van der Waals surface area contributed by atoms with Crippen LogP contribution in [-0.4, -0.2) is 17.6 Å². The minimum atomic E-state index is 0.136. The third-order valence-corrected chi connectivity index (χ3v) is 1.99. The molecule has 1 aromatic rings. The normalized spacial score (nSPS) is 10.2. The number of aromatic nitrogens is 1. The van der Waals surface area contributed by atoms with E-state index >= 15 is 0 Å². The minimum absolute atomic E-state index is 0.136. The molecule has 3 heteroatoms. The summed E-state index contributed by atoms with van der Waals surface area (Å²) in [4.78, 5) is 4.21. The van der Waals surface area contributed by atoms with Crippen LogP contribution in [0.5, 0.6) is 5.88 Å². The Morgan fingerprint density at radius 1 is 1.56 bits per heavy atom. The first-order valence-electron chi connectivity index (χ1n) is 5.59. The monoisotopic (exact) mass is 220 g/mol. The molecule has 0 fully saturated rings. The van der Waals surface area contributed by atoms with Crippen LogP contribution >= 0.6 is 0 Å². The van der Waals surface area contributed by atoms with Crippen molar-refractivity contribution in [3.63, 3.8) is 0 Å².